The Morgan fingerprint density at radius 2 is 1.68 bits per heavy atom. The molecule has 0 atom stereocenters. The summed E-state index contributed by atoms with van der Waals surface area (Å²) in [5, 5.41) is 5.95. The van der Waals surface area contributed by atoms with Crippen molar-refractivity contribution in [3.63, 3.8) is 0 Å². The van der Waals surface area contributed by atoms with Gasteiger partial charge in [-0.2, -0.15) is 5.10 Å². The van der Waals surface area contributed by atoms with Crippen LogP contribution in [0.3, 0.4) is 0 Å². The van der Waals surface area contributed by atoms with Crippen LogP contribution in [0.4, 0.5) is 0 Å². The smallest absolute Gasteiger partial charge is 0.343 e. The highest BCUT2D eigenvalue weighted by atomic mass is 79.9. The minimum absolute atomic E-state index is 0.210. The molecule has 0 fully saturated rings. The van der Waals surface area contributed by atoms with E-state index < -0.39 is 11.9 Å². The Labute approximate surface area is 258 Å². The number of aromatic amines is 1. The molecule has 41 heavy (non-hydrogen) atoms. The van der Waals surface area contributed by atoms with Crippen LogP contribution in [0.1, 0.15) is 26.4 Å². The number of amides is 1. The molecule has 1 heterocycles. The topological polar surface area (TPSA) is 92.8 Å². The molecule has 1 amide bonds. The summed E-state index contributed by atoms with van der Waals surface area (Å²) in [7, 11) is 1.46. The number of hydrazone groups is 1. The number of fused-ring (bicyclic) bond motifs is 1. The molecule has 0 radical (unpaired) electrons. The maximum atomic E-state index is 13.3. The van der Waals surface area contributed by atoms with Crippen LogP contribution in [0.15, 0.2) is 88.4 Å². The zero-order chi connectivity index (χ0) is 29.1. The van der Waals surface area contributed by atoms with E-state index in [9.17, 15) is 9.59 Å². The lowest BCUT2D eigenvalue weighted by atomic mass is 10.0. The maximum absolute atomic E-state index is 13.3. The first-order valence-electron chi connectivity index (χ1n) is 12.0. The number of rotatable bonds is 7. The van der Waals surface area contributed by atoms with Gasteiger partial charge >= 0.3 is 5.97 Å². The summed E-state index contributed by atoms with van der Waals surface area (Å²) >= 11 is 22.6. The summed E-state index contributed by atoms with van der Waals surface area (Å²) < 4.78 is 11.7. The SMILES string of the molecule is COc1cc(C=NNC(=O)c2[nH]c3cc(Cl)cc(Cl)c3c2-c2ccccc2Cl)ccc1OC(=O)c1ccc(Br)cc1. The Morgan fingerprint density at radius 1 is 0.927 bits per heavy atom. The van der Waals surface area contributed by atoms with E-state index in [1.165, 1.54) is 13.3 Å². The number of halogens is 4. The first kappa shape index (κ1) is 28.7. The molecule has 0 aliphatic heterocycles. The van der Waals surface area contributed by atoms with Crippen LogP contribution in [0.25, 0.3) is 22.0 Å². The molecule has 0 aliphatic rings. The lowest BCUT2D eigenvalue weighted by Gasteiger charge is -2.10. The number of carbonyl (C=O) groups is 2. The van der Waals surface area contributed by atoms with E-state index in [1.807, 2.05) is 6.07 Å². The number of nitrogens with zero attached hydrogens (tertiary/aromatic N) is 1. The zero-order valence-corrected chi connectivity index (χ0v) is 25.0. The van der Waals surface area contributed by atoms with Crippen molar-refractivity contribution in [3.8, 4) is 22.6 Å². The van der Waals surface area contributed by atoms with Crippen LogP contribution in [-0.2, 0) is 0 Å². The van der Waals surface area contributed by atoms with E-state index in [1.54, 1.807) is 72.8 Å². The first-order valence-corrected chi connectivity index (χ1v) is 13.9. The molecule has 0 aliphatic carbocycles. The van der Waals surface area contributed by atoms with Gasteiger partial charge in [-0.15, -0.1) is 0 Å². The third-order valence-electron chi connectivity index (χ3n) is 6.03. The van der Waals surface area contributed by atoms with Crippen LogP contribution in [0, 0.1) is 0 Å². The molecule has 5 aromatic rings. The number of nitrogens with one attached hydrogen (secondary N) is 2. The van der Waals surface area contributed by atoms with Gasteiger partial charge in [0.1, 0.15) is 5.69 Å². The molecule has 1 aromatic heterocycles. The van der Waals surface area contributed by atoms with Crippen LogP contribution >= 0.6 is 50.7 Å². The summed E-state index contributed by atoms with van der Waals surface area (Å²) in [5.41, 5.74) is 5.44. The highest BCUT2D eigenvalue weighted by Crippen LogP contribution is 2.41. The van der Waals surface area contributed by atoms with Gasteiger partial charge < -0.3 is 14.5 Å². The van der Waals surface area contributed by atoms with Crippen molar-refractivity contribution in [2.45, 2.75) is 0 Å². The van der Waals surface area contributed by atoms with Crippen molar-refractivity contribution in [2.75, 3.05) is 7.11 Å². The van der Waals surface area contributed by atoms with E-state index in [-0.39, 0.29) is 11.4 Å². The van der Waals surface area contributed by atoms with Gasteiger partial charge in [-0.1, -0.05) is 68.9 Å². The van der Waals surface area contributed by atoms with Crippen molar-refractivity contribution in [1.82, 2.24) is 10.4 Å². The van der Waals surface area contributed by atoms with Crippen molar-refractivity contribution in [1.29, 1.82) is 0 Å². The van der Waals surface area contributed by atoms with Gasteiger partial charge in [0, 0.05) is 36.5 Å². The number of hydrogen-bond donors (Lipinski definition) is 2. The van der Waals surface area contributed by atoms with Crippen molar-refractivity contribution >= 4 is 79.7 Å². The van der Waals surface area contributed by atoms with E-state index in [0.29, 0.717) is 54.0 Å². The van der Waals surface area contributed by atoms with E-state index in [2.05, 4.69) is 31.4 Å². The fraction of sp³-hybridized carbons (Fsp3) is 0.0333. The third-order valence-corrected chi connectivity index (χ3v) is 7.41. The summed E-state index contributed by atoms with van der Waals surface area (Å²) in [6, 6.07) is 22.1. The lowest BCUT2D eigenvalue weighted by molar-refractivity contribution is 0.0729. The molecule has 4 aromatic carbocycles. The molecule has 0 unspecified atom stereocenters. The third kappa shape index (κ3) is 6.26. The standard InChI is InChI=1S/C30H19BrCl3N3O4/c1-40-25-12-16(6-11-24(25)41-30(39)17-7-9-18(31)10-8-17)15-35-37-29(38)28-26(20-4-2-3-5-21(20)33)27-22(34)13-19(32)14-23(27)36-28/h2-15,36H,1H3,(H,37,38). The predicted octanol–water partition coefficient (Wildman–Crippen LogP) is 8.55. The molecule has 0 saturated heterocycles. The second-order valence-electron chi connectivity index (χ2n) is 8.67. The Hall–Kier alpha value is -3.82. The van der Waals surface area contributed by atoms with E-state index >= 15 is 0 Å². The van der Waals surface area contributed by atoms with Gasteiger partial charge in [0.25, 0.3) is 5.91 Å². The molecule has 0 saturated carbocycles. The summed E-state index contributed by atoms with van der Waals surface area (Å²) in [4.78, 5) is 28.9. The zero-order valence-electron chi connectivity index (χ0n) is 21.2. The summed E-state index contributed by atoms with van der Waals surface area (Å²) in [5.74, 6) is -0.501. The van der Waals surface area contributed by atoms with Crippen LogP contribution in [0.5, 0.6) is 11.5 Å². The Bertz CT molecular complexity index is 1820. The molecule has 11 heteroatoms. The van der Waals surface area contributed by atoms with Crippen LogP contribution < -0.4 is 14.9 Å². The van der Waals surface area contributed by atoms with E-state index in [4.69, 9.17) is 44.3 Å². The maximum Gasteiger partial charge on any atom is 0.343 e. The highest BCUT2D eigenvalue weighted by Gasteiger charge is 2.23. The normalized spacial score (nSPS) is 11.1. The molecule has 2 N–H and O–H groups in total. The molecular formula is C30H19BrCl3N3O4. The molecule has 0 spiro atoms. The quantitative estimate of drug-likeness (QED) is 0.0785. The van der Waals surface area contributed by atoms with Crippen LogP contribution in [-0.4, -0.2) is 30.2 Å². The van der Waals surface area contributed by atoms with Crippen LogP contribution in [0.2, 0.25) is 15.1 Å². The minimum Gasteiger partial charge on any atom is -0.493 e. The predicted molar refractivity (Wildman–Crippen MR) is 166 cm³/mol. The fourth-order valence-corrected chi connectivity index (χ4v) is 5.25. The summed E-state index contributed by atoms with van der Waals surface area (Å²) in [6.45, 7) is 0. The molecular weight excluding hydrogens is 653 g/mol. The Balaban J connectivity index is 1.38. The number of benzene rings is 4. The molecule has 206 valence electrons. The number of methoxy groups -OCH3 is 1. The van der Waals surface area contributed by atoms with Crippen molar-refractivity contribution in [3.05, 3.63) is 115 Å². The average Bonchev–Trinajstić information content (AvgIpc) is 3.34. The van der Waals surface area contributed by atoms with Gasteiger partial charge in [-0.25, -0.2) is 10.2 Å². The highest BCUT2D eigenvalue weighted by molar-refractivity contribution is 9.10. The lowest BCUT2D eigenvalue weighted by Crippen LogP contribution is -2.19. The first-order chi connectivity index (χ1) is 19.7. The Morgan fingerprint density at radius 3 is 2.41 bits per heavy atom. The van der Waals surface area contributed by atoms with Gasteiger partial charge in [0.2, 0.25) is 0 Å². The van der Waals surface area contributed by atoms with E-state index in [0.717, 1.165) is 4.47 Å². The molecule has 7 nitrogen and oxygen atoms in total. The fourth-order valence-electron chi connectivity index (χ4n) is 4.17. The van der Waals surface area contributed by atoms with Gasteiger partial charge in [0.15, 0.2) is 11.5 Å². The number of ether oxygens (including phenoxy) is 2. The van der Waals surface area contributed by atoms with Gasteiger partial charge in [-0.3, -0.25) is 4.79 Å². The second-order valence-corrected chi connectivity index (χ2v) is 10.8. The second kappa shape index (κ2) is 12.4. The van der Waals surface area contributed by atoms with Crippen molar-refractivity contribution in [2.24, 2.45) is 5.10 Å². The molecule has 5 rings (SSSR count). The average molecular weight is 672 g/mol. The number of aromatic nitrogens is 1. The van der Waals surface area contributed by atoms with Crippen molar-refractivity contribution < 1.29 is 19.1 Å². The number of carbonyl (C=O) groups excluding carboxylic acids is 2. The monoisotopic (exact) mass is 669 g/mol. The minimum atomic E-state index is -0.529. The largest absolute Gasteiger partial charge is 0.493 e. The Kier molecular flexibility index (Phi) is 8.65. The van der Waals surface area contributed by atoms with Gasteiger partial charge in [-0.05, 0) is 66.2 Å². The summed E-state index contributed by atoms with van der Waals surface area (Å²) in [6.07, 6.45) is 1.43. The molecule has 0 bridgehead atoms. The number of H-pyrrole nitrogens is 1. The number of esters is 1. The van der Waals surface area contributed by atoms with Gasteiger partial charge in [0.05, 0.1) is 23.9 Å². The number of hydrogen-bond acceptors (Lipinski definition) is 5.